The Bertz CT molecular complexity index is 904. The van der Waals surface area contributed by atoms with Gasteiger partial charge in [-0.15, -0.1) is 0 Å². The Balaban J connectivity index is 1.89. The van der Waals surface area contributed by atoms with Crippen molar-refractivity contribution in [2.24, 2.45) is 5.10 Å². The molecule has 29 heavy (non-hydrogen) atoms. The normalized spacial score (nSPS) is 10.4. The second-order valence-corrected chi connectivity index (χ2v) is 6.23. The van der Waals surface area contributed by atoms with E-state index < -0.39 is 11.8 Å². The van der Waals surface area contributed by atoms with Gasteiger partial charge in [0.05, 0.1) is 6.21 Å². The fourth-order valence-electron chi connectivity index (χ4n) is 2.48. The van der Waals surface area contributed by atoms with E-state index in [9.17, 15) is 14.4 Å². The van der Waals surface area contributed by atoms with E-state index in [0.29, 0.717) is 17.9 Å². The number of hydrazone groups is 1. The lowest BCUT2D eigenvalue weighted by Gasteiger charge is -2.12. The second kappa shape index (κ2) is 10.6. The van der Waals surface area contributed by atoms with Gasteiger partial charge in [-0.25, -0.2) is 5.43 Å². The summed E-state index contributed by atoms with van der Waals surface area (Å²) in [4.78, 5) is 35.0. The van der Waals surface area contributed by atoms with Crippen LogP contribution in [0.3, 0.4) is 0 Å². The van der Waals surface area contributed by atoms with E-state index in [0.717, 1.165) is 16.8 Å². The van der Waals surface area contributed by atoms with Crippen LogP contribution in [0.5, 0.6) is 5.75 Å². The molecule has 3 N–H and O–H groups in total. The van der Waals surface area contributed by atoms with Gasteiger partial charge in [-0.05, 0) is 49.6 Å². The maximum Gasteiger partial charge on any atom is 0.329 e. The molecule has 0 aliphatic heterocycles. The Morgan fingerprint density at radius 1 is 1.03 bits per heavy atom. The number of amides is 3. The summed E-state index contributed by atoms with van der Waals surface area (Å²) in [6.45, 7) is 5.77. The first-order chi connectivity index (χ1) is 13.9. The van der Waals surface area contributed by atoms with Crippen molar-refractivity contribution in [3.05, 3.63) is 59.2 Å². The number of aryl methyl sites for hydroxylation is 2. The van der Waals surface area contributed by atoms with Gasteiger partial charge in [-0.1, -0.05) is 30.3 Å². The third-order valence-electron chi connectivity index (χ3n) is 3.90. The molecule has 0 saturated heterocycles. The lowest BCUT2D eigenvalue weighted by Crippen LogP contribution is -2.37. The number of para-hydroxylation sites is 1. The molecule has 0 fully saturated rings. The average Bonchev–Trinajstić information content (AvgIpc) is 2.70. The maximum atomic E-state index is 12.2. The van der Waals surface area contributed by atoms with Crippen LogP contribution in [-0.2, 0) is 14.4 Å². The van der Waals surface area contributed by atoms with Crippen LogP contribution in [0.1, 0.15) is 23.6 Å². The van der Waals surface area contributed by atoms with Crippen molar-refractivity contribution in [3.63, 3.8) is 0 Å². The van der Waals surface area contributed by atoms with Crippen molar-refractivity contribution < 1.29 is 19.1 Å². The SMILES string of the molecule is CCNC(=O)C(=O)N/N=C\c1cccc(OCC(=O)Nc2c(C)cccc2C)c1. The molecule has 8 nitrogen and oxygen atoms in total. The van der Waals surface area contributed by atoms with E-state index >= 15 is 0 Å². The van der Waals surface area contributed by atoms with Gasteiger partial charge in [0, 0.05) is 12.2 Å². The third-order valence-corrected chi connectivity index (χ3v) is 3.90. The van der Waals surface area contributed by atoms with Crippen LogP contribution < -0.4 is 20.8 Å². The van der Waals surface area contributed by atoms with Crippen molar-refractivity contribution in [2.75, 3.05) is 18.5 Å². The molecule has 0 aliphatic carbocycles. The highest BCUT2D eigenvalue weighted by atomic mass is 16.5. The lowest BCUT2D eigenvalue weighted by molar-refractivity contribution is -0.139. The molecule has 0 aliphatic rings. The zero-order valence-electron chi connectivity index (χ0n) is 16.6. The van der Waals surface area contributed by atoms with Crippen molar-refractivity contribution in [3.8, 4) is 5.75 Å². The Kier molecular flexibility index (Phi) is 7.90. The van der Waals surface area contributed by atoms with Crippen molar-refractivity contribution in [1.82, 2.24) is 10.7 Å². The van der Waals surface area contributed by atoms with E-state index in [1.54, 1.807) is 31.2 Å². The predicted octanol–water partition coefficient (Wildman–Crippen LogP) is 1.91. The van der Waals surface area contributed by atoms with Gasteiger partial charge < -0.3 is 15.4 Å². The van der Waals surface area contributed by atoms with Gasteiger partial charge in [0.25, 0.3) is 5.91 Å². The van der Waals surface area contributed by atoms with Gasteiger partial charge in [0.2, 0.25) is 0 Å². The Morgan fingerprint density at radius 2 is 1.72 bits per heavy atom. The van der Waals surface area contributed by atoms with Gasteiger partial charge in [0.1, 0.15) is 5.75 Å². The average molecular weight is 396 g/mol. The van der Waals surface area contributed by atoms with Crippen LogP contribution in [0, 0.1) is 13.8 Å². The predicted molar refractivity (Wildman–Crippen MR) is 111 cm³/mol. The van der Waals surface area contributed by atoms with E-state index in [-0.39, 0.29) is 12.5 Å². The van der Waals surface area contributed by atoms with Crippen LogP contribution in [0.15, 0.2) is 47.6 Å². The largest absolute Gasteiger partial charge is 0.484 e. The Morgan fingerprint density at radius 3 is 2.41 bits per heavy atom. The molecule has 8 heteroatoms. The topological polar surface area (TPSA) is 109 Å². The molecular formula is C21H24N4O4. The zero-order valence-corrected chi connectivity index (χ0v) is 16.6. The second-order valence-electron chi connectivity index (χ2n) is 6.23. The van der Waals surface area contributed by atoms with Gasteiger partial charge in [-0.3, -0.25) is 14.4 Å². The first kappa shape index (κ1) is 21.6. The number of nitrogens with zero attached hydrogens (tertiary/aromatic N) is 1. The number of carbonyl (C=O) groups is 3. The third kappa shape index (κ3) is 6.76. The molecule has 0 radical (unpaired) electrons. The quantitative estimate of drug-likeness (QED) is 0.377. The number of carbonyl (C=O) groups excluding carboxylic acids is 3. The highest BCUT2D eigenvalue weighted by Crippen LogP contribution is 2.19. The molecule has 2 aromatic carbocycles. The van der Waals surface area contributed by atoms with Crippen LogP contribution in [0.4, 0.5) is 5.69 Å². The van der Waals surface area contributed by atoms with Gasteiger partial charge >= 0.3 is 11.8 Å². The molecule has 2 aromatic rings. The van der Waals surface area contributed by atoms with Crippen molar-refractivity contribution in [2.45, 2.75) is 20.8 Å². The first-order valence-corrected chi connectivity index (χ1v) is 9.11. The number of benzene rings is 2. The van der Waals surface area contributed by atoms with Crippen LogP contribution in [0.25, 0.3) is 0 Å². The minimum atomic E-state index is -0.848. The highest BCUT2D eigenvalue weighted by molar-refractivity contribution is 6.35. The van der Waals surface area contributed by atoms with Crippen molar-refractivity contribution >= 4 is 29.6 Å². The number of anilines is 1. The summed E-state index contributed by atoms with van der Waals surface area (Å²) in [5.74, 6) is -1.40. The molecule has 0 bridgehead atoms. The molecule has 3 amide bonds. The summed E-state index contributed by atoms with van der Waals surface area (Å²) in [5, 5.41) is 8.96. The van der Waals surface area contributed by atoms with Gasteiger partial charge in [0.15, 0.2) is 6.61 Å². The number of hydrogen-bond acceptors (Lipinski definition) is 5. The Labute approximate surface area is 169 Å². The maximum absolute atomic E-state index is 12.2. The molecule has 152 valence electrons. The minimum Gasteiger partial charge on any atom is -0.484 e. The summed E-state index contributed by atoms with van der Waals surface area (Å²) < 4.78 is 5.53. The number of nitrogens with one attached hydrogen (secondary N) is 3. The minimum absolute atomic E-state index is 0.151. The lowest BCUT2D eigenvalue weighted by atomic mass is 10.1. The van der Waals surface area contributed by atoms with Crippen LogP contribution in [0.2, 0.25) is 0 Å². The van der Waals surface area contributed by atoms with E-state index in [1.807, 2.05) is 32.0 Å². The molecule has 0 unspecified atom stereocenters. The van der Waals surface area contributed by atoms with Gasteiger partial charge in [-0.2, -0.15) is 5.10 Å². The number of hydrogen-bond donors (Lipinski definition) is 3. The Hall–Kier alpha value is -3.68. The number of likely N-dealkylation sites (N-methyl/N-ethyl adjacent to an activating group) is 1. The smallest absolute Gasteiger partial charge is 0.329 e. The van der Waals surface area contributed by atoms with E-state index in [2.05, 4.69) is 21.2 Å². The number of ether oxygens (including phenoxy) is 1. The summed E-state index contributed by atoms with van der Waals surface area (Å²) in [5.41, 5.74) is 5.51. The number of rotatable bonds is 7. The molecular weight excluding hydrogens is 372 g/mol. The standard InChI is InChI=1S/C21H24N4O4/c1-4-22-20(27)21(28)25-23-12-16-9-6-10-17(11-16)29-13-18(26)24-19-14(2)7-5-8-15(19)3/h5-12H,4,13H2,1-3H3,(H,22,27)(H,24,26)(H,25,28)/b23-12-. The fourth-order valence-corrected chi connectivity index (χ4v) is 2.48. The molecule has 0 heterocycles. The monoisotopic (exact) mass is 396 g/mol. The fraction of sp³-hybridized carbons (Fsp3) is 0.238. The van der Waals surface area contributed by atoms with E-state index in [1.165, 1.54) is 6.21 Å². The molecule has 0 aromatic heterocycles. The summed E-state index contributed by atoms with van der Waals surface area (Å²) >= 11 is 0. The van der Waals surface area contributed by atoms with Crippen molar-refractivity contribution in [1.29, 1.82) is 0 Å². The van der Waals surface area contributed by atoms with E-state index in [4.69, 9.17) is 4.74 Å². The molecule has 0 spiro atoms. The molecule has 0 saturated carbocycles. The summed E-state index contributed by atoms with van der Waals surface area (Å²) in [7, 11) is 0. The van der Waals surface area contributed by atoms with Crippen LogP contribution >= 0.6 is 0 Å². The zero-order chi connectivity index (χ0) is 21.2. The van der Waals surface area contributed by atoms with Crippen LogP contribution in [-0.4, -0.2) is 37.1 Å². The summed E-state index contributed by atoms with van der Waals surface area (Å²) in [6.07, 6.45) is 1.38. The molecule has 2 rings (SSSR count). The first-order valence-electron chi connectivity index (χ1n) is 9.11. The highest BCUT2D eigenvalue weighted by Gasteiger charge is 2.10. The summed E-state index contributed by atoms with van der Waals surface area (Å²) in [6, 6.07) is 12.6. The molecule has 0 atom stereocenters.